The molecule has 1 saturated heterocycles. The van der Waals surface area contributed by atoms with Crippen molar-refractivity contribution in [1.29, 1.82) is 0 Å². The Bertz CT molecular complexity index is 1240. The van der Waals surface area contributed by atoms with E-state index in [9.17, 15) is 9.59 Å². The summed E-state index contributed by atoms with van der Waals surface area (Å²) in [6.07, 6.45) is 4.30. The number of anilines is 2. The van der Waals surface area contributed by atoms with Crippen LogP contribution in [0.4, 0.5) is 11.5 Å². The first-order valence-corrected chi connectivity index (χ1v) is 10.6. The molecule has 0 unspecified atom stereocenters. The van der Waals surface area contributed by atoms with Crippen LogP contribution in [0.5, 0.6) is 5.75 Å². The van der Waals surface area contributed by atoms with Crippen molar-refractivity contribution >= 4 is 40.6 Å². The number of nitrogen functional groups attached to an aromatic ring is 1. The molecule has 1 fully saturated rings. The number of hydrogen-bond donors (Lipinski definition) is 3. The second-order valence-electron chi connectivity index (χ2n) is 7.16. The van der Waals surface area contributed by atoms with E-state index in [0.717, 1.165) is 16.5 Å². The van der Waals surface area contributed by atoms with Crippen LogP contribution >= 0.6 is 23.2 Å². The zero-order valence-electron chi connectivity index (χ0n) is 17.5. The van der Waals surface area contributed by atoms with Gasteiger partial charge in [0.05, 0.1) is 54.0 Å². The van der Waals surface area contributed by atoms with Crippen LogP contribution in [0.25, 0.3) is 5.69 Å². The van der Waals surface area contributed by atoms with Crippen LogP contribution < -0.4 is 26.7 Å². The first-order chi connectivity index (χ1) is 15.9. The number of nitrogens with two attached hydrogens (primary N) is 1. The van der Waals surface area contributed by atoms with Gasteiger partial charge in [-0.15, -0.1) is 0 Å². The molecule has 0 aliphatic carbocycles. The van der Waals surface area contributed by atoms with Gasteiger partial charge >= 0.3 is 0 Å². The summed E-state index contributed by atoms with van der Waals surface area (Å²) in [6.45, 7) is 1.83. The van der Waals surface area contributed by atoms with Crippen LogP contribution in [0.15, 0.2) is 41.7 Å². The van der Waals surface area contributed by atoms with Gasteiger partial charge in [0.25, 0.3) is 11.5 Å². The number of nitrogens with one attached hydrogen (secondary N) is 2. The third kappa shape index (κ3) is 4.79. The predicted molar refractivity (Wildman–Crippen MR) is 125 cm³/mol. The molecule has 12 heteroatoms. The molecule has 172 valence electrons. The number of ether oxygens (including phenoxy) is 2. The maximum atomic E-state index is 13.2. The largest absolute Gasteiger partial charge is 0.497 e. The number of carbonyl (C=O) groups excluding carboxylic acids is 1. The van der Waals surface area contributed by atoms with Crippen molar-refractivity contribution in [2.45, 2.75) is 6.04 Å². The molecule has 1 aromatic carbocycles. The van der Waals surface area contributed by atoms with Crippen molar-refractivity contribution in [2.24, 2.45) is 0 Å². The molecule has 1 amide bonds. The molecular formula is C21H20Cl2N6O4. The number of hydrogen-bond acceptors (Lipinski definition) is 8. The maximum Gasteiger partial charge on any atom is 0.273 e. The van der Waals surface area contributed by atoms with Crippen LogP contribution in [0.2, 0.25) is 10.0 Å². The molecule has 4 N–H and O–H groups in total. The van der Waals surface area contributed by atoms with Gasteiger partial charge in [-0.05, 0) is 11.6 Å². The van der Waals surface area contributed by atoms with E-state index >= 15 is 0 Å². The average Bonchev–Trinajstić information content (AvgIpc) is 2.80. The van der Waals surface area contributed by atoms with Gasteiger partial charge < -0.3 is 25.8 Å². The van der Waals surface area contributed by atoms with Crippen molar-refractivity contribution in [3.05, 3.63) is 68.4 Å². The second kappa shape index (κ2) is 9.75. The van der Waals surface area contributed by atoms with E-state index in [1.807, 2.05) is 0 Å². The quantitative estimate of drug-likeness (QED) is 0.496. The summed E-state index contributed by atoms with van der Waals surface area (Å²) in [7, 11) is 1.46. The molecule has 3 aromatic rings. The van der Waals surface area contributed by atoms with Crippen molar-refractivity contribution < 1.29 is 14.3 Å². The first kappa shape index (κ1) is 23.0. The Kier molecular flexibility index (Phi) is 6.80. The fourth-order valence-electron chi connectivity index (χ4n) is 3.42. The van der Waals surface area contributed by atoms with E-state index in [4.69, 9.17) is 38.4 Å². The van der Waals surface area contributed by atoms with E-state index in [2.05, 4.69) is 20.6 Å². The number of benzene rings is 1. The minimum Gasteiger partial charge on any atom is -0.497 e. The molecule has 0 spiro atoms. The van der Waals surface area contributed by atoms with Gasteiger partial charge in [0.1, 0.15) is 23.5 Å². The number of amides is 1. The van der Waals surface area contributed by atoms with Gasteiger partial charge in [0.2, 0.25) is 0 Å². The number of carbonyl (C=O) groups is 1. The lowest BCUT2D eigenvalue weighted by atomic mass is 10.1. The summed E-state index contributed by atoms with van der Waals surface area (Å²) >= 11 is 12.6. The Hall–Kier alpha value is -3.18. The normalized spacial score (nSPS) is 15.8. The molecule has 0 radical (unpaired) electrons. The van der Waals surface area contributed by atoms with E-state index in [1.54, 1.807) is 12.3 Å². The highest BCUT2D eigenvalue weighted by Crippen LogP contribution is 2.32. The monoisotopic (exact) mass is 490 g/mol. The Morgan fingerprint density at radius 1 is 1.30 bits per heavy atom. The zero-order valence-corrected chi connectivity index (χ0v) is 19.0. The summed E-state index contributed by atoms with van der Waals surface area (Å²) in [6, 6.07) is 4.68. The predicted octanol–water partition coefficient (Wildman–Crippen LogP) is 2.44. The first-order valence-electron chi connectivity index (χ1n) is 9.87. The molecule has 10 nitrogen and oxygen atoms in total. The Morgan fingerprint density at radius 3 is 2.73 bits per heavy atom. The molecule has 1 atom stereocenters. The fraction of sp³-hybridized carbons (Fsp3) is 0.238. The smallest absolute Gasteiger partial charge is 0.273 e. The minimum absolute atomic E-state index is 0.0526. The molecule has 1 aliphatic rings. The third-order valence-electron chi connectivity index (χ3n) is 5.04. The van der Waals surface area contributed by atoms with Crippen LogP contribution in [0.3, 0.4) is 0 Å². The summed E-state index contributed by atoms with van der Waals surface area (Å²) in [5.74, 6) is -0.568. The molecule has 0 saturated carbocycles. The second-order valence-corrected chi connectivity index (χ2v) is 7.98. The number of pyridine rings is 1. The lowest BCUT2D eigenvalue weighted by Gasteiger charge is -2.24. The topological polar surface area (TPSA) is 133 Å². The highest BCUT2D eigenvalue weighted by molar-refractivity contribution is 6.38. The van der Waals surface area contributed by atoms with Crippen molar-refractivity contribution in [3.8, 4) is 11.4 Å². The standard InChI is InChI=1S/C21H20Cl2N6O4/c1-32-13-5-14(22)18(15(23)6-13)29-10-27-19(24)17(21(29)31)20(30)28-12-4-11(7-25-8-12)16-9-33-3-2-26-16/h4-8,10,16,26H,2-3,9,24H2,1H3,(H,28,30)/t16-/m1/s1. The van der Waals surface area contributed by atoms with Crippen molar-refractivity contribution in [1.82, 2.24) is 19.9 Å². The summed E-state index contributed by atoms with van der Waals surface area (Å²) in [5, 5.41) is 6.25. The number of halogens is 2. The number of methoxy groups -OCH3 is 1. The SMILES string of the molecule is COc1cc(Cl)c(-n2cnc(N)c(C(=O)Nc3cncc([C@H]4COCCN4)c3)c2=O)c(Cl)c1. The molecule has 4 rings (SSSR count). The summed E-state index contributed by atoms with van der Waals surface area (Å²) < 4.78 is 11.7. The average molecular weight is 491 g/mol. The molecule has 33 heavy (non-hydrogen) atoms. The Labute approximate surface area is 198 Å². The molecule has 1 aliphatic heterocycles. The number of aromatic nitrogens is 3. The fourth-order valence-corrected chi connectivity index (χ4v) is 4.07. The molecule has 2 aromatic heterocycles. The number of rotatable bonds is 5. The lowest BCUT2D eigenvalue weighted by molar-refractivity contribution is 0.0768. The number of nitrogens with zero attached hydrogens (tertiary/aromatic N) is 3. The van der Waals surface area contributed by atoms with Crippen LogP contribution in [-0.4, -0.2) is 47.3 Å². The highest BCUT2D eigenvalue weighted by atomic mass is 35.5. The lowest BCUT2D eigenvalue weighted by Crippen LogP contribution is -2.34. The van der Waals surface area contributed by atoms with Crippen LogP contribution in [0.1, 0.15) is 22.0 Å². The Balaban J connectivity index is 1.67. The number of morpholine rings is 1. The summed E-state index contributed by atoms with van der Waals surface area (Å²) in [4.78, 5) is 34.3. The van der Waals surface area contributed by atoms with E-state index < -0.39 is 11.5 Å². The highest BCUT2D eigenvalue weighted by Gasteiger charge is 2.22. The third-order valence-corrected chi connectivity index (χ3v) is 5.61. The van der Waals surface area contributed by atoms with E-state index in [0.29, 0.717) is 31.2 Å². The van der Waals surface area contributed by atoms with E-state index in [-0.39, 0.29) is 33.2 Å². The molecule has 3 heterocycles. The van der Waals surface area contributed by atoms with Gasteiger partial charge in [0.15, 0.2) is 0 Å². The van der Waals surface area contributed by atoms with Crippen LogP contribution in [0, 0.1) is 0 Å². The van der Waals surface area contributed by atoms with Gasteiger partial charge in [-0.3, -0.25) is 19.1 Å². The minimum atomic E-state index is -0.744. The van der Waals surface area contributed by atoms with Gasteiger partial charge in [0, 0.05) is 24.9 Å². The molecular weight excluding hydrogens is 471 g/mol. The van der Waals surface area contributed by atoms with Crippen LogP contribution in [-0.2, 0) is 4.74 Å². The van der Waals surface area contributed by atoms with Gasteiger partial charge in [-0.2, -0.15) is 0 Å². The Morgan fingerprint density at radius 2 is 2.06 bits per heavy atom. The van der Waals surface area contributed by atoms with Gasteiger partial charge in [-0.25, -0.2) is 4.98 Å². The van der Waals surface area contributed by atoms with Crippen molar-refractivity contribution in [2.75, 3.05) is 37.9 Å². The maximum absolute atomic E-state index is 13.2. The zero-order chi connectivity index (χ0) is 23.5. The molecule has 0 bridgehead atoms. The summed E-state index contributed by atoms with van der Waals surface area (Å²) in [5.41, 5.74) is 6.16. The van der Waals surface area contributed by atoms with Crippen molar-refractivity contribution in [3.63, 3.8) is 0 Å². The van der Waals surface area contributed by atoms with Gasteiger partial charge in [-0.1, -0.05) is 23.2 Å². The van der Waals surface area contributed by atoms with E-state index in [1.165, 1.54) is 25.4 Å².